The molecular formula is C32H30ClNO4. The van der Waals surface area contributed by atoms with Crippen molar-refractivity contribution in [3.05, 3.63) is 124 Å². The predicted molar refractivity (Wildman–Crippen MR) is 152 cm³/mol. The van der Waals surface area contributed by atoms with Gasteiger partial charge in [-0.2, -0.15) is 0 Å². The summed E-state index contributed by atoms with van der Waals surface area (Å²) in [5.41, 5.74) is 3.59. The average Bonchev–Trinajstić information content (AvgIpc) is 2.92. The Hall–Kier alpha value is -4.09. The number of ketones is 1. The first-order valence-corrected chi connectivity index (χ1v) is 12.6. The van der Waals surface area contributed by atoms with E-state index in [-0.39, 0.29) is 23.7 Å². The summed E-state index contributed by atoms with van der Waals surface area (Å²) >= 11 is 6.18. The molecule has 0 radical (unpaired) electrons. The van der Waals surface area contributed by atoms with Crippen molar-refractivity contribution in [3.8, 4) is 11.5 Å². The van der Waals surface area contributed by atoms with E-state index in [9.17, 15) is 9.59 Å². The Kier molecular flexibility index (Phi) is 8.18. The molecule has 0 bridgehead atoms. The SMILES string of the molecule is COc1ccc(C(=O)Nc2ccc(Cl)cc2C(=O)c2ccccc2)cc1COc1ccc(C(C)(C)C)cc1. The first kappa shape index (κ1) is 27.0. The highest BCUT2D eigenvalue weighted by Gasteiger charge is 2.18. The predicted octanol–water partition coefficient (Wildman–Crippen LogP) is 7.71. The Morgan fingerprint density at radius 2 is 1.55 bits per heavy atom. The number of rotatable bonds is 8. The number of carbonyl (C=O) groups is 2. The van der Waals surface area contributed by atoms with Crippen LogP contribution in [-0.4, -0.2) is 18.8 Å². The van der Waals surface area contributed by atoms with E-state index in [1.807, 2.05) is 18.2 Å². The maximum absolute atomic E-state index is 13.2. The number of hydrogen-bond donors (Lipinski definition) is 1. The molecule has 194 valence electrons. The third kappa shape index (κ3) is 6.42. The fourth-order valence-corrected chi connectivity index (χ4v) is 4.17. The van der Waals surface area contributed by atoms with Gasteiger partial charge in [0.1, 0.15) is 18.1 Å². The number of ether oxygens (including phenoxy) is 2. The lowest BCUT2D eigenvalue weighted by Crippen LogP contribution is -2.16. The van der Waals surface area contributed by atoms with E-state index < -0.39 is 0 Å². The molecule has 0 aliphatic heterocycles. The van der Waals surface area contributed by atoms with Gasteiger partial charge in [-0.3, -0.25) is 9.59 Å². The van der Waals surface area contributed by atoms with Crippen molar-refractivity contribution in [2.24, 2.45) is 0 Å². The van der Waals surface area contributed by atoms with Crippen LogP contribution in [0.15, 0.2) is 91.0 Å². The Balaban J connectivity index is 1.54. The second-order valence-electron chi connectivity index (χ2n) is 9.93. The molecule has 5 nitrogen and oxygen atoms in total. The molecule has 0 saturated carbocycles. The summed E-state index contributed by atoms with van der Waals surface area (Å²) in [5, 5.41) is 3.27. The fourth-order valence-electron chi connectivity index (χ4n) is 4.00. The van der Waals surface area contributed by atoms with Crippen LogP contribution in [-0.2, 0) is 12.0 Å². The maximum Gasteiger partial charge on any atom is 0.255 e. The van der Waals surface area contributed by atoms with Crippen molar-refractivity contribution in [1.29, 1.82) is 0 Å². The van der Waals surface area contributed by atoms with Crippen LogP contribution < -0.4 is 14.8 Å². The Labute approximate surface area is 228 Å². The van der Waals surface area contributed by atoms with Crippen molar-refractivity contribution < 1.29 is 19.1 Å². The van der Waals surface area contributed by atoms with Gasteiger partial charge in [0.2, 0.25) is 0 Å². The molecule has 38 heavy (non-hydrogen) atoms. The van der Waals surface area contributed by atoms with Gasteiger partial charge in [-0.05, 0) is 59.5 Å². The first-order chi connectivity index (χ1) is 18.2. The monoisotopic (exact) mass is 527 g/mol. The van der Waals surface area contributed by atoms with Crippen LogP contribution in [0.4, 0.5) is 5.69 Å². The van der Waals surface area contributed by atoms with Gasteiger partial charge in [-0.1, -0.05) is 74.8 Å². The summed E-state index contributed by atoms with van der Waals surface area (Å²) in [4.78, 5) is 26.4. The molecule has 0 fully saturated rings. The van der Waals surface area contributed by atoms with Crippen molar-refractivity contribution in [3.63, 3.8) is 0 Å². The molecular weight excluding hydrogens is 498 g/mol. The topological polar surface area (TPSA) is 64.6 Å². The van der Waals surface area contributed by atoms with E-state index in [0.29, 0.717) is 33.1 Å². The molecule has 4 rings (SSSR count). The summed E-state index contributed by atoms with van der Waals surface area (Å²) in [7, 11) is 1.58. The zero-order valence-electron chi connectivity index (χ0n) is 21.9. The summed E-state index contributed by atoms with van der Waals surface area (Å²) < 4.78 is 11.5. The third-order valence-electron chi connectivity index (χ3n) is 6.17. The molecule has 4 aromatic carbocycles. The molecule has 0 unspecified atom stereocenters. The fraction of sp³-hybridized carbons (Fsp3) is 0.188. The minimum absolute atomic E-state index is 0.0547. The summed E-state index contributed by atoms with van der Waals surface area (Å²) in [6.07, 6.45) is 0. The van der Waals surface area contributed by atoms with Gasteiger partial charge in [0, 0.05) is 27.3 Å². The second-order valence-corrected chi connectivity index (χ2v) is 10.4. The van der Waals surface area contributed by atoms with Crippen LogP contribution in [0, 0.1) is 0 Å². The van der Waals surface area contributed by atoms with Crippen LogP contribution in [0.1, 0.15) is 58.2 Å². The highest BCUT2D eigenvalue weighted by molar-refractivity contribution is 6.31. The number of hydrogen-bond acceptors (Lipinski definition) is 4. The molecule has 4 aromatic rings. The highest BCUT2D eigenvalue weighted by Crippen LogP contribution is 2.28. The van der Waals surface area contributed by atoms with Gasteiger partial charge < -0.3 is 14.8 Å². The largest absolute Gasteiger partial charge is 0.496 e. The summed E-state index contributed by atoms with van der Waals surface area (Å²) in [6.45, 7) is 6.70. The lowest BCUT2D eigenvalue weighted by molar-refractivity contribution is 0.102. The van der Waals surface area contributed by atoms with Crippen LogP contribution in [0.25, 0.3) is 0 Å². The van der Waals surface area contributed by atoms with E-state index in [1.54, 1.807) is 67.8 Å². The molecule has 0 spiro atoms. The molecule has 0 aliphatic carbocycles. The maximum atomic E-state index is 13.2. The van der Waals surface area contributed by atoms with E-state index in [2.05, 4.69) is 38.2 Å². The lowest BCUT2D eigenvalue weighted by Gasteiger charge is -2.19. The first-order valence-electron chi connectivity index (χ1n) is 12.3. The van der Waals surface area contributed by atoms with Crippen molar-refractivity contribution in [1.82, 2.24) is 0 Å². The van der Waals surface area contributed by atoms with Crippen LogP contribution in [0.5, 0.6) is 11.5 Å². The Morgan fingerprint density at radius 3 is 2.21 bits per heavy atom. The molecule has 0 heterocycles. The van der Waals surface area contributed by atoms with Crippen LogP contribution in [0.3, 0.4) is 0 Å². The summed E-state index contributed by atoms with van der Waals surface area (Å²) in [6, 6.07) is 26.8. The second kappa shape index (κ2) is 11.5. The van der Waals surface area contributed by atoms with Gasteiger partial charge in [0.05, 0.1) is 12.8 Å². The lowest BCUT2D eigenvalue weighted by atomic mass is 9.87. The van der Waals surface area contributed by atoms with Crippen molar-refractivity contribution >= 4 is 29.0 Å². The van der Waals surface area contributed by atoms with Gasteiger partial charge in [0.15, 0.2) is 5.78 Å². The quantitative estimate of drug-likeness (QED) is 0.238. The van der Waals surface area contributed by atoms with E-state index in [4.69, 9.17) is 21.1 Å². The molecule has 0 atom stereocenters. The zero-order chi connectivity index (χ0) is 27.3. The number of benzene rings is 4. The third-order valence-corrected chi connectivity index (χ3v) is 6.40. The van der Waals surface area contributed by atoms with Crippen LogP contribution >= 0.6 is 11.6 Å². The number of nitrogens with one attached hydrogen (secondary N) is 1. The molecule has 1 N–H and O–H groups in total. The number of amides is 1. The number of methoxy groups -OCH3 is 1. The Bertz CT molecular complexity index is 1440. The Morgan fingerprint density at radius 1 is 0.842 bits per heavy atom. The molecule has 0 aromatic heterocycles. The van der Waals surface area contributed by atoms with E-state index >= 15 is 0 Å². The molecule has 6 heteroatoms. The highest BCUT2D eigenvalue weighted by atomic mass is 35.5. The average molecular weight is 528 g/mol. The minimum atomic E-state index is -0.368. The molecule has 1 amide bonds. The summed E-state index contributed by atoms with van der Waals surface area (Å²) in [5.74, 6) is 0.733. The smallest absolute Gasteiger partial charge is 0.255 e. The molecule has 0 aliphatic rings. The number of halogens is 1. The van der Waals surface area contributed by atoms with E-state index in [1.165, 1.54) is 5.56 Å². The minimum Gasteiger partial charge on any atom is -0.496 e. The van der Waals surface area contributed by atoms with E-state index in [0.717, 1.165) is 11.3 Å². The van der Waals surface area contributed by atoms with Crippen LogP contribution in [0.2, 0.25) is 5.02 Å². The zero-order valence-corrected chi connectivity index (χ0v) is 22.6. The van der Waals surface area contributed by atoms with Gasteiger partial charge in [-0.15, -0.1) is 0 Å². The van der Waals surface area contributed by atoms with Crippen molar-refractivity contribution in [2.75, 3.05) is 12.4 Å². The number of anilines is 1. The van der Waals surface area contributed by atoms with Gasteiger partial charge in [-0.25, -0.2) is 0 Å². The van der Waals surface area contributed by atoms with Crippen molar-refractivity contribution in [2.45, 2.75) is 32.8 Å². The number of carbonyl (C=O) groups excluding carboxylic acids is 2. The normalized spacial score (nSPS) is 11.1. The standard InChI is InChI=1S/C32H30ClNO4/c1-32(2,3)24-11-14-26(15-12-24)38-20-23-18-22(10-17-29(23)37-4)31(36)34-28-16-13-25(33)19-27(28)30(35)21-8-6-5-7-9-21/h5-19H,20H2,1-4H3,(H,34,36). The van der Waals surface area contributed by atoms with Gasteiger partial charge >= 0.3 is 0 Å². The van der Waals surface area contributed by atoms with Gasteiger partial charge in [0.25, 0.3) is 5.91 Å². The molecule has 0 saturated heterocycles.